The van der Waals surface area contributed by atoms with E-state index in [-0.39, 0.29) is 0 Å². The first kappa shape index (κ1) is 11.3. The van der Waals surface area contributed by atoms with Crippen LogP contribution in [0.1, 0.15) is 26.2 Å². The van der Waals surface area contributed by atoms with Crippen LogP contribution >= 0.6 is 0 Å². The fraction of sp³-hybridized carbons (Fsp3) is 0.667. The summed E-state index contributed by atoms with van der Waals surface area (Å²) in [6.07, 6.45) is 7.16. The lowest BCUT2D eigenvalue weighted by atomic mass is 9.91. The van der Waals surface area contributed by atoms with Gasteiger partial charge in [0.2, 0.25) is 5.95 Å². The van der Waals surface area contributed by atoms with Gasteiger partial charge in [-0.1, -0.05) is 0 Å². The van der Waals surface area contributed by atoms with Gasteiger partial charge in [-0.05, 0) is 38.2 Å². The van der Waals surface area contributed by atoms with E-state index < -0.39 is 0 Å². The lowest BCUT2D eigenvalue weighted by Gasteiger charge is -2.32. The minimum absolute atomic E-state index is 0.324. The highest BCUT2D eigenvalue weighted by molar-refractivity contribution is 5.28. The van der Waals surface area contributed by atoms with Gasteiger partial charge in [0.25, 0.3) is 0 Å². The summed E-state index contributed by atoms with van der Waals surface area (Å²) in [6, 6.07) is 2.18. The van der Waals surface area contributed by atoms with E-state index in [1.54, 1.807) is 12.4 Å². The van der Waals surface area contributed by atoms with Gasteiger partial charge in [-0.3, -0.25) is 0 Å². The molecule has 0 aliphatic carbocycles. The SMILES string of the molecule is CC(N)CC1CCN(c2ncccn2)CC1. The Labute approximate surface area is 96.9 Å². The third kappa shape index (κ3) is 2.92. The van der Waals surface area contributed by atoms with Crippen molar-refractivity contribution < 1.29 is 0 Å². The van der Waals surface area contributed by atoms with Gasteiger partial charge in [0.1, 0.15) is 0 Å². The van der Waals surface area contributed by atoms with E-state index in [4.69, 9.17) is 5.73 Å². The lowest BCUT2D eigenvalue weighted by Crippen LogP contribution is -2.36. The van der Waals surface area contributed by atoms with Crippen LogP contribution in [0.4, 0.5) is 5.95 Å². The molecule has 0 bridgehead atoms. The second-order valence-electron chi connectivity index (χ2n) is 4.69. The molecule has 0 saturated carbocycles. The monoisotopic (exact) mass is 220 g/mol. The van der Waals surface area contributed by atoms with E-state index >= 15 is 0 Å². The molecule has 2 rings (SSSR count). The quantitative estimate of drug-likeness (QED) is 0.837. The predicted octanol–water partition coefficient (Wildman–Crippen LogP) is 1.43. The molecule has 2 N–H and O–H groups in total. The number of hydrogen-bond acceptors (Lipinski definition) is 4. The Kier molecular flexibility index (Phi) is 3.72. The fourth-order valence-corrected chi connectivity index (χ4v) is 2.35. The number of piperidine rings is 1. The number of nitrogens with two attached hydrogens (primary N) is 1. The van der Waals surface area contributed by atoms with Crippen molar-refractivity contribution in [2.24, 2.45) is 11.7 Å². The molecule has 1 aliphatic heterocycles. The number of anilines is 1. The number of aromatic nitrogens is 2. The third-order valence-corrected chi connectivity index (χ3v) is 3.15. The minimum Gasteiger partial charge on any atom is -0.341 e. The van der Waals surface area contributed by atoms with Gasteiger partial charge in [0.15, 0.2) is 0 Å². The van der Waals surface area contributed by atoms with Crippen LogP contribution in [0.2, 0.25) is 0 Å². The molecule has 1 fully saturated rings. The fourth-order valence-electron chi connectivity index (χ4n) is 2.35. The molecule has 0 amide bonds. The van der Waals surface area contributed by atoms with Crippen molar-refractivity contribution in [2.45, 2.75) is 32.2 Å². The zero-order chi connectivity index (χ0) is 11.4. The Balaban J connectivity index is 1.86. The standard InChI is InChI=1S/C12H20N4/c1-10(13)9-11-3-7-16(8-4-11)12-14-5-2-6-15-12/h2,5-6,10-11H,3-4,7-9,13H2,1H3. The van der Waals surface area contributed by atoms with Gasteiger partial charge in [-0.15, -0.1) is 0 Å². The second kappa shape index (κ2) is 5.25. The van der Waals surface area contributed by atoms with Gasteiger partial charge in [-0.25, -0.2) is 9.97 Å². The first-order valence-electron chi connectivity index (χ1n) is 6.03. The zero-order valence-corrected chi connectivity index (χ0v) is 9.84. The summed E-state index contributed by atoms with van der Waals surface area (Å²) >= 11 is 0. The molecule has 4 heteroatoms. The van der Waals surface area contributed by atoms with Crippen LogP contribution in [0.3, 0.4) is 0 Å². The number of rotatable bonds is 3. The Morgan fingerprint density at radius 3 is 2.56 bits per heavy atom. The van der Waals surface area contributed by atoms with Crippen molar-refractivity contribution in [3.63, 3.8) is 0 Å². The van der Waals surface area contributed by atoms with Crippen LogP contribution in [0.15, 0.2) is 18.5 Å². The maximum Gasteiger partial charge on any atom is 0.225 e. The molecule has 1 aromatic heterocycles. The predicted molar refractivity (Wildman–Crippen MR) is 65.2 cm³/mol. The smallest absolute Gasteiger partial charge is 0.225 e. The van der Waals surface area contributed by atoms with E-state index in [2.05, 4.69) is 21.8 Å². The number of nitrogens with zero attached hydrogens (tertiary/aromatic N) is 3. The van der Waals surface area contributed by atoms with Crippen molar-refractivity contribution in [2.75, 3.05) is 18.0 Å². The maximum atomic E-state index is 5.83. The molecular formula is C12H20N4. The van der Waals surface area contributed by atoms with Crippen LogP contribution in [0.25, 0.3) is 0 Å². The highest BCUT2D eigenvalue weighted by Crippen LogP contribution is 2.23. The van der Waals surface area contributed by atoms with Crippen LogP contribution in [0.5, 0.6) is 0 Å². The molecule has 1 saturated heterocycles. The average Bonchev–Trinajstić information content (AvgIpc) is 2.30. The number of hydrogen-bond donors (Lipinski definition) is 1. The summed E-state index contributed by atoms with van der Waals surface area (Å²) in [4.78, 5) is 10.8. The van der Waals surface area contributed by atoms with E-state index in [0.717, 1.165) is 31.4 Å². The van der Waals surface area contributed by atoms with Crippen molar-refractivity contribution in [3.8, 4) is 0 Å². The molecule has 4 nitrogen and oxygen atoms in total. The van der Waals surface area contributed by atoms with Crippen LogP contribution < -0.4 is 10.6 Å². The molecule has 1 atom stereocenters. The molecule has 1 aromatic rings. The topological polar surface area (TPSA) is 55.0 Å². The summed E-state index contributed by atoms with van der Waals surface area (Å²) < 4.78 is 0. The maximum absolute atomic E-state index is 5.83. The molecule has 0 spiro atoms. The first-order valence-corrected chi connectivity index (χ1v) is 6.03. The van der Waals surface area contributed by atoms with Crippen molar-refractivity contribution in [1.82, 2.24) is 9.97 Å². The van der Waals surface area contributed by atoms with Crippen LogP contribution in [-0.4, -0.2) is 29.1 Å². The summed E-state index contributed by atoms with van der Waals surface area (Å²) in [5.41, 5.74) is 5.83. The van der Waals surface area contributed by atoms with Gasteiger partial charge >= 0.3 is 0 Å². The molecule has 88 valence electrons. The molecule has 1 unspecified atom stereocenters. The Morgan fingerprint density at radius 1 is 1.38 bits per heavy atom. The normalized spacial score (nSPS) is 19.8. The lowest BCUT2D eigenvalue weighted by molar-refractivity contribution is 0.358. The zero-order valence-electron chi connectivity index (χ0n) is 9.84. The summed E-state index contributed by atoms with van der Waals surface area (Å²) in [5, 5.41) is 0. The van der Waals surface area contributed by atoms with Gasteiger partial charge in [-0.2, -0.15) is 0 Å². The van der Waals surface area contributed by atoms with Crippen molar-refractivity contribution in [3.05, 3.63) is 18.5 Å². The van der Waals surface area contributed by atoms with E-state index in [1.165, 1.54) is 12.8 Å². The molecule has 0 radical (unpaired) electrons. The Morgan fingerprint density at radius 2 is 2.00 bits per heavy atom. The van der Waals surface area contributed by atoms with E-state index in [9.17, 15) is 0 Å². The Hall–Kier alpha value is -1.16. The van der Waals surface area contributed by atoms with E-state index in [1.807, 2.05) is 6.07 Å². The average molecular weight is 220 g/mol. The minimum atomic E-state index is 0.324. The molecule has 1 aliphatic rings. The highest BCUT2D eigenvalue weighted by atomic mass is 15.2. The Bertz CT molecular complexity index is 304. The molecule has 2 heterocycles. The molecule has 16 heavy (non-hydrogen) atoms. The van der Waals surface area contributed by atoms with Gasteiger partial charge in [0, 0.05) is 31.5 Å². The van der Waals surface area contributed by atoms with Crippen LogP contribution in [-0.2, 0) is 0 Å². The van der Waals surface area contributed by atoms with Crippen molar-refractivity contribution >= 4 is 5.95 Å². The largest absolute Gasteiger partial charge is 0.341 e. The summed E-state index contributed by atoms with van der Waals surface area (Å²) in [5.74, 6) is 1.64. The van der Waals surface area contributed by atoms with Crippen molar-refractivity contribution in [1.29, 1.82) is 0 Å². The summed E-state index contributed by atoms with van der Waals surface area (Å²) in [7, 11) is 0. The second-order valence-corrected chi connectivity index (χ2v) is 4.69. The van der Waals surface area contributed by atoms with Gasteiger partial charge in [0.05, 0.1) is 0 Å². The molecular weight excluding hydrogens is 200 g/mol. The highest BCUT2D eigenvalue weighted by Gasteiger charge is 2.21. The van der Waals surface area contributed by atoms with Gasteiger partial charge < -0.3 is 10.6 Å². The third-order valence-electron chi connectivity index (χ3n) is 3.15. The first-order chi connectivity index (χ1) is 7.75. The summed E-state index contributed by atoms with van der Waals surface area (Å²) in [6.45, 7) is 4.20. The van der Waals surface area contributed by atoms with E-state index in [0.29, 0.717) is 6.04 Å². The van der Waals surface area contributed by atoms with Crippen LogP contribution in [0, 0.1) is 5.92 Å². The molecule has 0 aromatic carbocycles.